The quantitative estimate of drug-likeness (QED) is 0.489. The molecule has 0 amide bonds. The molecule has 0 aliphatic heterocycles. The molecule has 1 aromatic rings. The summed E-state index contributed by atoms with van der Waals surface area (Å²) in [6, 6.07) is 0. The first-order chi connectivity index (χ1) is 5.88. The number of aromatic nitrogens is 2. The molecule has 0 fully saturated rings. The molecule has 0 aromatic carbocycles. The maximum Gasteiger partial charge on any atom is 0.294 e. The molecule has 12 heavy (non-hydrogen) atoms. The molecule has 1 unspecified atom stereocenters. The fourth-order valence-corrected chi connectivity index (χ4v) is 0.788. The average molecular weight is 164 g/mol. The third-order valence-corrected chi connectivity index (χ3v) is 1.33. The minimum atomic E-state index is -0.455. The van der Waals surface area contributed by atoms with E-state index in [1.807, 2.05) is 0 Å². The Labute approximate surface area is 69.9 Å². The van der Waals surface area contributed by atoms with Crippen LogP contribution in [0.2, 0.25) is 0 Å². The van der Waals surface area contributed by atoms with Gasteiger partial charge in [-0.05, 0) is 6.08 Å². The molecule has 1 rings (SSSR count). The largest absolute Gasteiger partial charge is 0.455 e. The number of nitrogens with zero attached hydrogens (tertiary/aromatic N) is 2. The summed E-state index contributed by atoms with van der Waals surface area (Å²) in [5.41, 5.74) is 0.708. The van der Waals surface area contributed by atoms with Crippen LogP contribution in [0.15, 0.2) is 31.4 Å². The van der Waals surface area contributed by atoms with Crippen molar-refractivity contribution in [3.63, 3.8) is 0 Å². The summed E-state index contributed by atoms with van der Waals surface area (Å²) in [5.74, 6) is 0. The Bertz CT molecular complexity index is 261. The standard InChI is InChI=1S/C8H8N2O2/c1-2-8(12-6-11)7-3-9-5-10-4-7/h2-6,8H,1H2. The van der Waals surface area contributed by atoms with Gasteiger partial charge in [0.15, 0.2) is 0 Å². The fraction of sp³-hybridized carbons (Fsp3) is 0.125. The Kier molecular flexibility index (Phi) is 2.95. The van der Waals surface area contributed by atoms with Gasteiger partial charge in [-0.1, -0.05) is 6.58 Å². The van der Waals surface area contributed by atoms with Crippen molar-refractivity contribution in [2.45, 2.75) is 6.10 Å². The minimum absolute atomic E-state index is 0.374. The highest BCUT2D eigenvalue weighted by Gasteiger charge is 2.06. The maximum atomic E-state index is 10.0. The summed E-state index contributed by atoms with van der Waals surface area (Å²) in [6.07, 6.45) is 5.60. The highest BCUT2D eigenvalue weighted by atomic mass is 16.5. The average Bonchev–Trinajstić information content (AvgIpc) is 2.15. The van der Waals surface area contributed by atoms with Crippen LogP contribution in [0.4, 0.5) is 0 Å². The van der Waals surface area contributed by atoms with Gasteiger partial charge in [-0.3, -0.25) is 4.79 Å². The number of rotatable bonds is 4. The lowest BCUT2D eigenvalue weighted by molar-refractivity contribution is -0.131. The van der Waals surface area contributed by atoms with Crippen molar-refractivity contribution in [3.05, 3.63) is 36.9 Å². The van der Waals surface area contributed by atoms with Crippen molar-refractivity contribution in [2.75, 3.05) is 0 Å². The van der Waals surface area contributed by atoms with Crippen LogP contribution in [0.1, 0.15) is 11.7 Å². The molecular weight excluding hydrogens is 156 g/mol. The van der Waals surface area contributed by atoms with Gasteiger partial charge in [-0.15, -0.1) is 0 Å². The van der Waals surface area contributed by atoms with Crippen molar-refractivity contribution < 1.29 is 9.53 Å². The van der Waals surface area contributed by atoms with Crippen LogP contribution in [-0.2, 0) is 9.53 Å². The lowest BCUT2D eigenvalue weighted by Gasteiger charge is -2.08. The van der Waals surface area contributed by atoms with Crippen LogP contribution >= 0.6 is 0 Å². The van der Waals surface area contributed by atoms with Gasteiger partial charge in [0.1, 0.15) is 12.4 Å². The van der Waals surface area contributed by atoms with Crippen LogP contribution in [0, 0.1) is 0 Å². The lowest BCUT2D eigenvalue weighted by Crippen LogP contribution is -2.00. The first-order valence-electron chi connectivity index (χ1n) is 3.35. The van der Waals surface area contributed by atoms with Gasteiger partial charge in [0, 0.05) is 18.0 Å². The normalized spacial score (nSPS) is 11.7. The van der Waals surface area contributed by atoms with E-state index >= 15 is 0 Å². The van der Waals surface area contributed by atoms with Crippen molar-refractivity contribution in [1.82, 2.24) is 9.97 Å². The summed E-state index contributed by atoms with van der Waals surface area (Å²) in [4.78, 5) is 17.6. The zero-order valence-electron chi connectivity index (χ0n) is 6.38. The van der Waals surface area contributed by atoms with Crippen molar-refractivity contribution in [3.8, 4) is 0 Å². The molecule has 0 N–H and O–H groups in total. The summed E-state index contributed by atoms with van der Waals surface area (Å²) in [6.45, 7) is 3.89. The molecule has 1 atom stereocenters. The van der Waals surface area contributed by atoms with E-state index in [1.54, 1.807) is 12.4 Å². The molecule has 4 nitrogen and oxygen atoms in total. The molecule has 0 bridgehead atoms. The molecule has 0 saturated carbocycles. The highest BCUT2D eigenvalue weighted by molar-refractivity contribution is 5.39. The second-order valence-electron chi connectivity index (χ2n) is 2.06. The second-order valence-corrected chi connectivity index (χ2v) is 2.06. The Morgan fingerprint density at radius 1 is 1.50 bits per heavy atom. The molecule has 0 saturated heterocycles. The molecular formula is C8H8N2O2. The van der Waals surface area contributed by atoms with Gasteiger partial charge in [-0.2, -0.15) is 0 Å². The molecule has 1 heterocycles. The number of carbonyl (C=O) groups excluding carboxylic acids is 1. The summed E-state index contributed by atoms with van der Waals surface area (Å²) < 4.78 is 4.70. The molecule has 62 valence electrons. The first-order valence-corrected chi connectivity index (χ1v) is 3.35. The monoisotopic (exact) mass is 164 g/mol. The van der Waals surface area contributed by atoms with Crippen LogP contribution in [0.5, 0.6) is 0 Å². The van der Waals surface area contributed by atoms with Gasteiger partial charge in [0.2, 0.25) is 0 Å². The Hall–Kier alpha value is -1.71. The summed E-state index contributed by atoms with van der Waals surface area (Å²) >= 11 is 0. The van der Waals surface area contributed by atoms with Crippen LogP contribution < -0.4 is 0 Å². The van der Waals surface area contributed by atoms with E-state index < -0.39 is 6.10 Å². The number of hydrogen-bond donors (Lipinski definition) is 0. The predicted octanol–water partition coefficient (Wildman–Crippen LogP) is 0.877. The number of carbonyl (C=O) groups is 1. The van der Waals surface area contributed by atoms with Crippen molar-refractivity contribution >= 4 is 6.47 Å². The second kappa shape index (κ2) is 4.23. The fourth-order valence-electron chi connectivity index (χ4n) is 0.788. The number of hydrogen-bond acceptors (Lipinski definition) is 4. The molecule has 1 aromatic heterocycles. The first kappa shape index (κ1) is 8.39. The zero-order chi connectivity index (χ0) is 8.81. The Balaban J connectivity index is 2.79. The molecule has 0 aliphatic rings. The minimum Gasteiger partial charge on any atom is -0.455 e. The van der Waals surface area contributed by atoms with Crippen LogP contribution in [0.25, 0.3) is 0 Å². The topological polar surface area (TPSA) is 52.1 Å². The van der Waals surface area contributed by atoms with E-state index in [1.165, 1.54) is 12.4 Å². The van der Waals surface area contributed by atoms with Gasteiger partial charge < -0.3 is 4.74 Å². The van der Waals surface area contributed by atoms with Gasteiger partial charge >= 0.3 is 0 Å². The van der Waals surface area contributed by atoms with E-state index in [4.69, 9.17) is 4.74 Å². The summed E-state index contributed by atoms with van der Waals surface area (Å²) in [5, 5.41) is 0. The van der Waals surface area contributed by atoms with E-state index in [-0.39, 0.29) is 0 Å². The molecule has 0 spiro atoms. The molecule has 0 aliphatic carbocycles. The van der Waals surface area contributed by atoms with E-state index in [9.17, 15) is 4.79 Å². The third kappa shape index (κ3) is 1.88. The third-order valence-electron chi connectivity index (χ3n) is 1.33. The van der Waals surface area contributed by atoms with Gasteiger partial charge in [0.05, 0.1) is 0 Å². The summed E-state index contributed by atoms with van der Waals surface area (Å²) in [7, 11) is 0. The van der Waals surface area contributed by atoms with Crippen LogP contribution in [-0.4, -0.2) is 16.4 Å². The Morgan fingerprint density at radius 3 is 2.67 bits per heavy atom. The zero-order valence-corrected chi connectivity index (χ0v) is 6.38. The SMILES string of the molecule is C=CC(OC=O)c1cncnc1. The lowest BCUT2D eigenvalue weighted by atomic mass is 10.2. The van der Waals surface area contributed by atoms with E-state index in [0.29, 0.717) is 12.0 Å². The van der Waals surface area contributed by atoms with Crippen LogP contribution in [0.3, 0.4) is 0 Å². The molecule has 4 heteroatoms. The molecule has 0 radical (unpaired) electrons. The van der Waals surface area contributed by atoms with Gasteiger partial charge in [0.25, 0.3) is 6.47 Å². The van der Waals surface area contributed by atoms with E-state index in [2.05, 4.69) is 16.5 Å². The van der Waals surface area contributed by atoms with Gasteiger partial charge in [-0.25, -0.2) is 9.97 Å². The Morgan fingerprint density at radius 2 is 2.17 bits per heavy atom. The maximum absolute atomic E-state index is 10.0. The number of ether oxygens (including phenoxy) is 1. The van der Waals surface area contributed by atoms with E-state index in [0.717, 1.165) is 0 Å². The van der Waals surface area contributed by atoms with Crippen molar-refractivity contribution in [1.29, 1.82) is 0 Å². The van der Waals surface area contributed by atoms with Crippen molar-refractivity contribution in [2.24, 2.45) is 0 Å². The highest BCUT2D eigenvalue weighted by Crippen LogP contribution is 2.14. The predicted molar refractivity (Wildman–Crippen MR) is 42.1 cm³/mol. The smallest absolute Gasteiger partial charge is 0.294 e.